The second kappa shape index (κ2) is 18.0. The fourth-order valence-corrected chi connectivity index (χ4v) is 7.71. The molecule has 4 heterocycles. The number of amides is 2. The second-order valence-corrected chi connectivity index (χ2v) is 15.5. The number of benzene rings is 3. The van der Waals surface area contributed by atoms with Gasteiger partial charge in [-0.1, -0.05) is 11.2 Å². The molecule has 61 heavy (non-hydrogen) atoms. The first-order valence-electron chi connectivity index (χ1n) is 20.3. The van der Waals surface area contributed by atoms with Crippen LogP contribution in [0.15, 0.2) is 121 Å². The van der Waals surface area contributed by atoms with Crippen LogP contribution in [0.2, 0.25) is 0 Å². The maximum Gasteiger partial charge on any atom is 0.270 e. The molecule has 3 aromatic carbocycles. The minimum absolute atomic E-state index is 0.00108. The van der Waals surface area contributed by atoms with Crippen LogP contribution >= 0.6 is 0 Å². The SMILES string of the molecule is COc1ccc(C[N+]2(Cc3ccc(OC)cc3)N=C(N[C@@H]3CCN(C(=O)/C=C/CN(C)C4CC4)C3)c3c(Oc4ccc(C(=O)Nc5cc(C#N)ccn5)cc4)ccnc32)cc1. The van der Waals surface area contributed by atoms with Gasteiger partial charge in [0.25, 0.3) is 11.7 Å². The Morgan fingerprint density at radius 2 is 1.54 bits per heavy atom. The van der Waals surface area contributed by atoms with Crippen LogP contribution in [0.1, 0.15) is 51.9 Å². The first-order chi connectivity index (χ1) is 29.7. The van der Waals surface area contributed by atoms with Gasteiger partial charge in [-0.2, -0.15) is 5.26 Å². The summed E-state index contributed by atoms with van der Waals surface area (Å²) in [5, 5.41) is 21.2. The van der Waals surface area contributed by atoms with Gasteiger partial charge in [0.2, 0.25) is 11.7 Å². The van der Waals surface area contributed by atoms with Crippen LogP contribution in [0.4, 0.5) is 11.6 Å². The highest BCUT2D eigenvalue weighted by atomic mass is 16.5. The molecule has 2 aliphatic heterocycles. The highest BCUT2D eigenvalue weighted by Gasteiger charge is 2.46. The lowest BCUT2D eigenvalue weighted by atomic mass is 10.1. The van der Waals surface area contributed by atoms with Crippen molar-refractivity contribution in [1.29, 1.82) is 5.26 Å². The van der Waals surface area contributed by atoms with Gasteiger partial charge < -0.3 is 29.7 Å². The van der Waals surface area contributed by atoms with Crippen LogP contribution in [0, 0.1) is 11.3 Å². The second-order valence-electron chi connectivity index (χ2n) is 15.5. The number of likely N-dealkylation sites (tertiary alicyclic amines) is 1. The van der Waals surface area contributed by atoms with Crippen molar-refractivity contribution in [3.63, 3.8) is 0 Å². The summed E-state index contributed by atoms with van der Waals surface area (Å²) in [7, 11) is 5.40. The monoisotopic (exact) mass is 818 g/mol. The predicted molar refractivity (Wildman–Crippen MR) is 232 cm³/mol. The molecular formula is C47H48N9O5+. The molecule has 310 valence electrons. The lowest BCUT2D eigenvalue weighted by molar-refractivity contribution is -0.125. The normalized spacial score (nSPS) is 16.5. The Bertz CT molecular complexity index is 2430. The van der Waals surface area contributed by atoms with Crippen molar-refractivity contribution < 1.29 is 23.8 Å². The zero-order valence-corrected chi connectivity index (χ0v) is 34.5. The van der Waals surface area contributed by atoms with Gasteiger partial charge in [-0.05, 0) is 111 Å². The quantitative estimate of drug-likeness (QED) is 0.0869. The molecule has 2 aromatic heterocycles. The van der Waals surface area contributed by atoms with E-state index in [1.807, 2.05) is 65.6 Å². The van der Waals surface area contributed by atoms with Gasteiger partial charge in [-0.15, -0.1) is 4.59 Å². The number of methoxy groups -OCH3 is 2. The van der Waals surface area contributed by atoms with Crippen molar-refractivity contribution in [3.05, 3.63) is 143 Å². The van der Waals surface area contributed by atoms with Gasteiger partial charge in [0, 0.05) is 72.9 Å². The number of nitrogens with zero attached hydrogens (tertiary/aromatic N) is 7. The van der Waals surface area contributed by atoms with E-state index in [4.69, 9.17) is 24.3 Å². The number of fused-ring (bicyclic) bond motifs is 1. The van der Waals surface area contributed by atoms with Gasteiger partial charge >= 0.3 is 0 Å². The maximum absolute atomic E-state index is 13.3. The fraction of sp³-hybridized carbons (Fsp3) is 0.277. The zero-order valence-electron chi connectivity index (χ0n) is 34.5. The van der Waals surface area contributed by atoms with Gasteiger partial charge in [-0.3, -0.25) is 14.5 Å². The van der Waals surface area contributed by atoms with E-state index in [9.17, 15) is 14.9 Å². The van der Waals surface area contributed by atoms with Crippen LogP contribution in [0.3, 0.4) is 0 Å². The average Bonchev–Trinajstić information content (AvgIpc) is 3.97. The molecule has 2 fully saturated rings. The summed E-state index contributed by atoms with van der Waals surface area (Å²) in [5.41, 5.74) is 3.55. The zero-order chi connectivity index (χ0) is 42.3. The minimum Gasteiger partial charge on any atom is -0.497 e. The molecule has 2 amide bonds. The predicted octanol–water partition coefficient (Wildman–Crippen LogP) is 6.63. The van der Waals surface area contributed by atoms with Gasteiger partial charge in [0.05, 0.1) is 25.9 Å². The van der Waals surface area contributed by atoms with Crippen molar-refractivity contribution in [2.45, 2.75) is 44.4 Å². The Morgan fingerprint density at radius 3 is 2.18 bits per heavy atom. The lowest BCUT2D eigenvalue weighted by Crippen LogP contribution is -2.42. The molecule has 1 atom stereocenters. The number of hydrogen-bond donors (Lipinski definition) is 2. The van der Waals surface area contributed by atoms with Crippen molar-refractivity contribution in [3.8, 4) is 29.1 Å². The molecule has 0 unspecified atom stereocenters. The Labute approximate surface area is 355 Å². The molecule has 3 aliphatic rings. The highest BCUT2D eigenvalue weighted by Crippen LogP contribution is 2.42. The maximum atomic E-state index is 13.3. The van der Waals surface area contributed by atoms with Gasteiger partial charge in [0.1, 0.15) is 47.5 Å². The largest absolute Gasteiger partial charge is 0.497 e. The molecule has 14 nitrogen and oxygen atoms in total. The molecule has 14 heteroatoms. The average molecular weight is 819 g/mol. The number of amidine groups is 1. The number of quaternary nitrogens is 1. The van der Waals surface area contributed by atoms with Crippen molar-refractivity contribution >= 4 is 29.3 Å². The third kappa shape index (κ3) is 9.54. The van der Waals surface area contributed by atoms with Crippen LogP contribution in [0.5, 0.6) is 23.0 Å². The molecule has 1 aliphatic carbocycles. The molecule has 0 radical (unpaired) electrons. The number of likely N-dealkylation sites (N-methyl/N-ethyl adjacent to an activating group) is 1. The lowest BCUT2D eigenvalue weighted by Gasteiger charge is -2.28. The summed E-state index contributed by atoms with van der Waals surface area (Å²) < 4.78 is 17.7. The summed E-state index contributed by atoms with van der Waals surface area (Å²) in [6, 6.07) is 30.2. The summed E-state index contributed by atoms with van der Waals surface area (Å²) >= 11 is 0. The number of carbonyl (C=O) groups is 2. The van der Waals surface area contributed by atoms with E-state index in [-0.39, 0.29) is 28.3 Å². The van der Waals surface area contributed by atoms with Gasteiger partial charge in [-0.25, -0.2) is 9.97 Å². The Hall–Kier alpha value is -7.08. The van der Waals surface area contributed by atoms with Gasteiger partial charge in [0.15, 0.2) is 0 Å². The molecule has 5 aromatic rings. The highest BCUT2D eigenvalue weighted by molar-refractivity contribution is 6.08. The molecule has 8 rings (SSSR count). The molecule has 1 saturated carbocycles. The molecule has 2 N–H and O–H groups in total. The number of aromatic nitrogens is 2. The van der Waals surface area contributed by atoms with Crippen LogP contribution < -0.4 is 29.4 Å². The topological polar surface area (TPSA) is 154 Å². The van der Waals surface area contributed by atoms with Crippen LogP contribution in [-0.2, 0) is 17.9 Å². The number of hydrogen-bond acceptors (Lipinski definition) is 11. The van der Waals surface area contributed by atoms with E-state index < -0.39 is 0 Å². The molecular weight excluding hydrogens is 771 g/mol. The molecule has 1 saturated heterocycles. The number of rotatable bonds is 15. The minimum atomic E-state index is -0.373. The number of carbonyl (C=O) groups excluding carboxylic acids is 2. The molecule has 0 spiro atoms. The number of anilines is 1. The number of ether oxygens (including phenoxy) is 3. The summed E-state index contributed by atoms with van der Waals surface area (Å²) in [5.74, 6) is 3.77. The van der Waals surface area contributed by atoms with Crippen LogP contribution in [-0.4, -0.2) is 90.4 Å². The number of nitriles is 1. The summed E-state index contributed by atoms with van der Waals surface area (Å²) in [4.78, 5) is 39.8. The van der Waals surface area contributed by atoms with E-state index >= 15 is 0 Å². The summed E-state index contributed by atoms with van der Waals surface area (Å²) in [6.45, 7) is 2.82. The van der Waals surface area contributed by atoms with Crippen LogP contribution in [0.25, 0.3) is 0 Å². The van der Waals surface area contributed by atoms with Crippen molar-refractivity contribution in [1.82, 2.24) is 29.7 Å². The Balaban J connectivity index is 1.10. The third-order valence-corrected chi connectivity index (χ3v) is 11.2. The van der Waals surface area contributed by atoms with E-state index in [2.05, 4.69) is 33.6 Å². The molecule has 0 bridgehead atoms. The Morgan fingerprint density at radius 1 is 0.885 bits per heavy atom. The van der Waals surface area contributed by atoms with E-state index in [1.54, 1.807) is 56.8 Å². The Kier molecular flexibility index (Phi) is 12.0. The first-order valence-corrected chi connectivity index (χ1v) is 20.3. The fourth-order valence-electron chi connectivity index (χ4n) is 7.71. The van der Waals surface area contributed by atoms with Crippen molar-refractivity contribution in [2.75, 3.05) is 46.2 Å². The first kappa shape index (κ1) is 40.7. The number of nitrogens with one attached hydrogen (secondary N) is 2. The van der Waals surface area contributed by atoms with E-state index in [1.165, 1.54) is 25.1 Å². The van der Waals surface area contributed by atoms with E-state index in [0.29, 0.717) is 72.1 Å². The number of pyridine rings is 2. The summed E-state index contributed by atoms with van der Waals surface area (Å²) in [6.07, 6.45) is 10.0. The third-order valence-electron chi connectivity index (χ3n) is 11.2. The smallest absolute Gasteiger partial charge is 0.270 e. The standard InChI is InChI=1S/C47H47N9O5/c1-54(37-12-13-37)25-4-5-43(57)55-26-22-36(29-55)51-45-44-41(61-40-18-10-35(11-19-40)47(58)52-42-27-34(28-48)20-23-49-42)21-24-50-46(44)56(53-45,30-32-6-14-38(59-2)15-7-32)31-33-8-16-39(60-3)17-9-33/h4-11,14-21,23-24,27,36-37H,12-13,22,25-26,29-31H2,1-3H3,(H-,49,51,52,53,58)/p+1/b5-4+/t36-/m1/s1. The van der Waals surface area contributed by atoms with Crippen molar-refractivity contribution in [2.24, 2.45) is 5.10 Å². The van der Waals surface area contributed by atoms with E-state index in [0.717, 1.165) is 35.6 Å².